The summed E-state index contributed by atoms with van der Waals surface area (Å²) in [6, 6.07) is 0. The number of hydrogen-bond donors (Lipinski definition) is 1. The largest absolute Gasteiger partial charge is 0.481 e. The fourth-order valence-corrected chi connectivity index (χ4v) is 3.36. The van der Waals surface area contributed by atoms with Crippen LogP contribution in [0.5, 0.6) is 0 Å². The summed E-state index contributed by atoms with van der Waals surface area (Å²) >= 11 is 1.20. The molecule has 1 heterocycles. The SMILES string of the molecule is CN(CC1CCCCC1)c1nnc(SCC(=O)O)n1C. The van der Waals surface area contributed by atoms with Crippen molar-refractivity contribution in [3.63, 3.8) is 0 Å². The minimum atomic E-state index is -0.838. The molecule has 2 rings (SSSR count). The Morgan fingerprint density at radius 3 is 2.75 bits per heavy atom. The third kappa shape index (κ3) is 3.88. The highest BCUT2D eigenvalue weighted by Crippen LogP contribution is 2.26. The van der Waals surface area contributed by atoms with Crippen molar-refractivity contribution >= 4 is 23.7 Å². The van der Waals surface area contributed by atoms with Gasteiger partial charge in [0.1, 0.15) is 0 Å². The number of hydrogen-bond acceptors (Lipinski definition) is 5. The Bertz CT molecular complexity index is 457. The van der Waals surface area contributed by atoms with Crippen LogP contribution in [0.3, 0.4) is 0 Å². The molecule has 7 heteroatoms. The van der Waals surface area contributed by atoms with Crippen LogP contribution < -0.4 is 4.90 Å². The van der Waals surface area contributed by atoms with Gasteiger partial charge < -0.3 is 10.0 Å². The van der Waals surface area contributed by atoms with Gasteiger partial charge in [0.25, 0.3) is 0 Å². The molecule has 1 aliphatic carbocycles. The van der Waals surface area contributed by atoms with Crippen LogP contribution in [0.15, 0.2) is 5.16 Å². The van der Waals surface area contributed by atoms with Crippen molar-refractivity contribution in [3.05, 3.63) is 0 Å². The molecule has 1 saturated carbocycles. The van der Waals surface area contributed by atoms with E-state index in [1.165, 1.54) is 43.9 Å². The van der Waals surface area contributed by atoms with Crippen LogP contribution in [0, 0.1) is 5.92 Å². The van der Waals surface area contributed by atoms with Crippen molar-refractivity contribution in [2.24, 2.45) is 13.0 Å². The molecular formula is C13H22N4O2S. The quantitative estimate of drug-likeness (QED) is 0.810. The molecule has 1 aromatic heterocycles. The molecule has 20 heavy (non-hydrogen) atoms. The molecular weight excluding hydrogens is 276 g/mol. The fourth-order valence-electron chi connectivity index (χ4n) is 2.73. The van der Waals surface area contributed by atoms with E-state index < -0.39 is 5.97 Å². The molecule has 1 fully saturated rings. The Labute approximate surface area is 123 Å². The number of aliphatic carboxylic acids is 1. The van der Waals surface area contributed by atoms with Crippen LogP contribution >= 0.6 is 11.8 Å². The summed E-state index contributed by atoms with van der Waals surface area (Å²) in [7, 11) is 3.92. The summed E-state index contributed by atoms with van der Waals surface area (Å²) in [5, 5.41) is 17.6. The maximum Gasteiger partial charge on any atom is 0.313 e. The Balaban J connectivity index is 1.95. The first-order chi connectivity index (χ1) is 9.58. The van der Waals surface area contributed by atoms with Gasteiger partial charge in [0.15, 0.2) is 5.16 Å². The van der Waals surface area contributed by atoms with E-state index in [-0.39, 0.29) is 5.75 Å². The molecule has 1 N–H and O–H groups in total. The third-order valence-corrected chi connectivity index (χ3v) is 4.74. The first-order valence-corrected chi connectivity index (χ1v) is 8.01. The van der Waals surface area contributed by atoms with E-state index in [1.54, 1.807) is 0 Å². The summed E-state index contributed by atoms with van der Waals surface area (Å²) in [4.78, 5) is 12.7. The van der Waals surface area contributed by atoms with Gasteiger partial charge in [-0.3, -0.25) is 9.36 Å². The van der Waals surface area contributed by atoms with Gasteiger partial charge in [0, 0.05) is 20.6 Å². The molecule has 0 bridgehead atoms. The van der Waals surface area contributed by atoms with Crippen molar-refractivity contribution < 1.29 is 9.90 Å². The maximum absolute atomic E-state index is 10.6. The molecule has 0 atom stereocenters. The Kier molecular flexibility index (Phi) is 5.28. The van der Waals surface area contributed by atoms with Crippen molar-refractivity contribution in [1.82, 2.24) is 14.8 Å². The molecule has 0 unspecified atom stereocenters. The zero-order valence-electron chi connectivity index (χ0n) is 12.1. The van der Waals surface area contributed by atoms with E-state index in [0.717, 1.165) is 18.4 Å². The van der Waals surface area contributed by atoms with E-state index in [0.29, 0.717) is 5.16 Å². The Hall–Kier alpha value is -1.24. The lowest BCUT2D eigenvalue weighted by Crippen LogP contribution is -2.28. The molecule has 1 aromatic rings. The first kappa shape index (κ1) is 15.2. The highest BCUT2D eigenvalue weighted by atomic mass is 32.2. The number of nitrogens with zero attached hydrogens (tertiary/aromatic N) is 4. The minimum absolute atomic E-state index is 0.0122. The summed E-state index contributed by atoms with van der Waals surface area (Å²) < 4.78 is 1.87. The lowest BCUT2D eigenvalue weighted by Gasteiger charge is -2.27. The normalized spacial score (nSPS) is 16.3. The molecule has 1 aliphatic rings. The van der Waals surface area contributed by atoms with Gasteiger partial charge in [-0.2, -0.15) is 0 Å². The number of thioether (sulfide) groups is 1. The van der Waals surface area contributed by atoms with Gasteiger partial charge in [-0.15, -0.1) is 10.2 Å². The van der Waals surface area contributed by atoms with Crippen LogP contribution in [0.1, 0.15) is 32.1 Å². The van der Waals surface area contributed by atoms with Crippen molar-refractivity contribution in [2.75, 3.05) is 24.2 Å². The monoisotopic (exact) mass is 298 g/mol. The second-order valence-electron chi connectivity index (χ2n) is 5.41. The van der Waals surface area contributed by atoms with Crippen LogP contribution in [0.25, 0.3) is 0 Å². The molecule has 0 saturated heterocycles. The van der Waals surface area contributed by atoms with Crippen molar-refractivity contribution in [3.8, 4) is 0 Å². The molecule has 0 aliphatic heterocycles. The van der Waals surface area contributed by atoms with Gasteiger partial charge in [-0.05, 0) is 18.8 Å². The van der Waals surface area contributed by atoms with Crippen molar-refractivity contribution in [1.29, 1.82) is 0 Å². The number of carboxylic acid groups (broad SMARTS) is 1. The van der Waals surface area contributed by atoms with E-state index in [4.69, 9.17) is 5.11 Å². The van der Waals surface area contributed by atoms with Gasteiger partial charge in [-0.1, -0.05) is 31.0 Å². The number of aromatic nitrogens is 3. The molecule has 0 aromatic carbocycles. The van der Waals surface area contributed by atoms with Crippen LogP contribution in [-0.4, -0.2) is 45.2 Å². The molecule has 0 radical (unpaired) electrons. The number of anilines is 1. The first-order valence-electron chi connectivity index (χ1n) is 7.03. The minimum Gasteiger partial charge on any atom is -0.481 e. The standard InChI is InChI=1S/C13H22N4O2S/c1-16(8-10-6-4-3-5-7-10)12-14-15-13(17(12)2)20-9-11(18)19/h10H,3-9H2,1-2H3,(H,18,19). The van der Waals surface area contributed by atoms with Crippen LogP contribution in [0.2, 0.25) is 0 Å². The lowest BCUT2D eigenvalue weighted by atomic mass is 9.89. The van der Waals surface area contributed by atoms with Gasteiger partial charge in [0.05, 0.1) is 5.75 Å². The van der Waals surface area contributed by atoms with E-state index in [9.17, 15) is 4.79 Å². The topological polar surface area (TPSA) is 71.2 Å². The predicted octanol–water partition coefficient (Wildman–Crippen LogP) is 2.01. The van der Waals surface area contributed by atoms with Crippen molar-refractivity contribution in [2.45, 2.75) is 37.3 Å². The predicted molar refractivity (Wildman–Crippen MR) is 79.2 cm³/mol. The average Bonchev–Trinajstić information content (AvgIpc) is 2.79. The summed E-state index contributed by atoms with van der Waals surface area (Å²) in [6.07, 6.45) is 6.61. The zero-order valence-corrected chi connectivity index (χ0v) is 12.9. The number of carbonyl (C=O) groups is 1. The second-order valence-corrected chi connectivity index (χ2v) is 6.35. The average molecular weight is 298 g/mol. The van der Waals surface area contributed by atoms with E-state index in [2.05, 4.69) is 15.1 Å². The summed E-state index contributed by atoms with van der Waals surface area (Å²) in [5.74, 6) is 0.720. The van der Waals surface area contributed by atoms with Gasteiger partial charge >= 0.3 is 5.97 Å². The third-order valence-electron chi connectivity index (χ3n) is 3.73. The molecule has 6 nitrogen and oxygen atoms in total. The molecule has 0 amide bonds. The Morgan fingerprint density at radius 1 is 1.40 bits per heavy atom. The van der Waals surface area contributed by atoms with Gasteiger partial charge in [0.2, 0.25) is 5.95 Å². The number of carboxylic acids is 1. The smallest absolute Gasteiger partial charge is 0.313 e. The second kappa shape index (κ2) is 6.97. The van der Waals surface area contributed by atoms with E-state index >= 15 is 0 Å². The van der Waals surface area contributed by atoms with Gasteiger partial charge in [-0.25, -0.2) is 0 Å². The maximum atomic E-state index is 10.6. The Morgan fingerprint density at radius 2 is 2.10 bits per heavy atom. The molecule has 112 valence electrons. The summed E-state index contributed by atoms with van der Waals surface area (Å²) in [6.45, 7) is 0.996. The van der Waals surface area contributed by atoms with Crippen LogP contribution in [-0.2, 0) is 11.8 Å². The fraction of sp³-hybridized carbons (Fsp3) is 0.769. The molecule has 0 spiro atoms. The highest BCUT2D eigenvalue weighted by molar-refractivity contribution is 7.99. The number of rotatable bonds is 6. The summed E-state index contributed by atoms with van der Waals surface area (Å²) in [5.41, 5.74) is 0. The van der Waals surface area contributed by atoms with Crippen LogP contribution in [0.4, 0.5) is 5.95 Å². The van der Waals surface area contributed by atoms with E-state index in [1.807, 2.05) is 18.7 Å². The highest BCUT2D eigenvalue weighted by Gasteiger charge is 2.19. The lowest BCUT2D eigenvalue weighted by molar-refractivity contribution is -0.133. The zero-order chi connectivity index (χ0) is 14.5.